The number of aryl methyl sites for hydroxylation is 1. The molecule has 0 radical (unpaired) electrons. The molecule has 1 heterocycles. The standard InChI is InChI=1S/C13H16N2OS/c1-9-4-3-5-11(8-9)12(10(2)14)17-13-15-6-7-16-13/h3-8,10,12H,14H2,1-2H3. The van der Waals surface area contributed by atoms with Gasteiger partial charge in [0.15, 0.2) is 0 Å². The zero-order valence-electron chi connectivity index (χ0n) is 9.96. The summed E-state index contributed by atoms with van der Waals surface area (Å²) >= 11 is 1.56. The molecule has 2 rings (SSSR count). The first-order chi connectivity index (χ1) is 8.16. The van der Waals surface area contributed by atoms with Crippen LogP contribution in [0.25, 0.3) is 0 Å². The van der Waals surface area contributed by atoms with Gasteiger partial charge in [0.25, 0.3) is 5.22 Å². The van der Waals surface area contributed by atoms with Crippen LogP contribution in [0.15, 0.2) is 46.4 Å². The second-order valence-electron chi connectivity index (χ2n) is 4.11. The maximum atomic E-state index is 6.05. The molecule has 2 aromatic rings. The largest absolute Gasteiger partial charge is 0.440 e. The van der Waals surface area contributed by atoms with Crippen LogP contribution in [0.3, 0.4) is 0 Å². The molecule has 0 amide bonds. The van der Waals surface area contributed by atoms with Crippen molar-refractivity contribution in [3.8, 4) is 0 Å². The summed E-state index contributed by atoms with van der Waals surface area (Å²) in [6.45, 7) is 4.08. The van der Waals surface area contributed by atoms with Crippen molar-refractivity contribution in [3.63, 3.8) is 0 Å². The Morgan fingerprint density at radius 3 is 2.82 bits per heavy atom. The predicted octanol–water partition coefficient (Wildman–Crippen LogP) is 3.16. The van der Waals surface area contributed by atoms with Gasteiger partial charge in [0.2, 0.25) is 0 Å². The number of nitrogens with two attached hydrogens (primary N) is 1. The summed E-state index contributed by atoms with van der Waals surface area (Å²) in [6, 6.07) is 8.42. The highest BCUT2D eigenvalue weighted by atomic mass is 32.2. The van der Waals surface area contributed by atoms with Crippen LogP contribution >= 0.6 is 11.8 Å². The van der Waals surface area contributed by atoms with Crippen molar-refractivity contribution in [1.82, 2.24) is 4.98 Å². The lowest BCUT2D eigenvalue weighted by Crippen LogP contribution is -2.22. The van der Waals surface area contributed by atoms with E-state index in [2.05, 4.69) is 36.2 Å². The van der Waals surface area contributed by atoms with Gasteiger partial charge in [-0.2, -0.15) is 0 Å². The van der Waals surface area contributed by atoms with E-state index in [4.69, 9.17) is 10.2 Å². The number of hydrogen-bond acceptors (Lipinski definition) is 4. The van der Waals surface area contributed by atoms with Crippen LogP contribution in [0.1, 0.15) is 23.3 Å². The summed E-state index contributed by atoms with van der Waals surface area (Å²) in [5, 5.41) is 0.822. The number of oxazole rings is 1. The molecule has 4 heteroatoms. The maximum absolute atomic E-state index is 6.05. The first-order valence-corrected chi connectivity index (χ1v) is 6.43. The number of aromatic nitrogens is 1. The molecule has 3 nitrogen and oxygen atoms in total. The maximum Gasteiger partial charge on any atom is 0.256 e. The molecule has 2 N–H and O–H groups in total. The highest BCUT2D eigenvalue weighted by Crippen LogP contribution is 2.36. The van der Waals surface area contributed by atoms with Gasteiger partial charge in [-0.1, -0.05) is 41.6 Å². The third kappa shape index (κ3) is 3.11. The summed E-state index contributed by atoms with van der Waals surface area (Å²) < 4.78 is 5.26. The molecule has 0 fully saturated rings. The Bertz CT molecular complexity index is 468. The molecule has 0 aliphatic heterocycles. The fourth-order valence-corrected chi connectivity index (χ4v) is 2.65. The average molecular weight is 248 g/mol. The van der Waals surface area contributed by atoms with E-state index in [1.807, 2.05) is 6.92 Å². The Labute approximate surface area is 105 Å². The van der Waals surface area contributed by atoms with Crippen molar-refractivity contribution in [2.24, 2.45) is 5.73 Å². The Kier molecular flexibility index (Phi) is 3.86. The van der Waals surface area contributed by atoms with Gasteiger partial charge in [-0.05, 0) is 19.4 Å². The molecule has 17 heavy (non-hydrogen) atoms. The quantitative estimate of drug-likeness (QED) is 0.844. The zero-order valence-corrected chi connectivity index (χ0v) is 10.8. The summed E-state index contributed by atoms with van der Waals surface area (Å²) in [7, 11) is 0. The van der Waals surface area contributed by atoms with Gasteiger partial charge < -0.3 is 10.2 Å². The van der Waals surface area contributed by atoms with E-state index in [0.717, 1.165) is 0 Å². The van der Waals surface area contributed by atoms with Crippen molar-refractivity contribution in [2.45, 2.75) is 30.4 Å². The van der Waals surface area contributed by atoms with Crippen molar-refractivity contribution in [3.05, 3.63) is 47.9 Å². The van der Waals surface area contributed by atoms with Crippen LogP contribution in [-0.2, 0) is 0 Å². The van der Waals surface area contributed by atoms with Gasteiger partial charge in [-0.15, -0.1) is 0 Å². The molecule has 1 aromatic heterocycles. The van der Waals surface area contributed by atoms with Gasteiger partial charge in [0.1, 0.15) is 6.26 Å². The molecule has 1 aromatic carbocycles. The Morgan fingerprint density at radius 2 is 2.24 bits per heavy atom. The van der Waals surface area contributed by atoms with Crippen LogP contribution < -0.4 is 5.73 Å². The molecule has 90 valence electrons. The minimum absolute atomic E-state index is 0.0358. The van der Waals surface area contributed by atoms with E-state index in [1.54, 1.807) is 24.2 Å². The third-order valence-corrected chi connectivity index (χ3v) is 3.84. The summed E-state index contributed by atoms with van der Waals surface area (Å²) in [5.41, 5.74) is 8.49. The van der Waals surface area contributed by atoms with Gasteiger partial charge in [0.05, 0.1) is 11.4 Å². The molecule has 2 unspecified atom stereocenters. The van der Waals surface area contributed by atoms with E-state index in [0.29, 0.717) is 5.22 Å². The van der Waals surface area contributed by atoms with E-state index < -0.39 is 0 Å². The lowest BCUT2D eigenvalue weighted by Gasteiger charge is -2.19. The summed E-state index contributed by atoms with van der Waals surface area (Å²) in [5.74, 6) is 0. The molecule has 0 aliphatic rings. The van der Waals surface area contributed by atoms with Gasteiger partial charge in [0, 0.05) is 6.04 Å². The van der Waals surface area contributed by atoms with Gasteiger partial charge in [-0.25, -0.2) is 4.98 Å². The molecular formula is C13H16N2OS. The third-order valence-electron chi connectivity index (χ3n) is 2.49. The van der Waals surface area contributed by atoms with Crippen molar-refractivity contribution in [2.75, 3.05) is 0 Å². The van der Waals surface area contributed by atoms with Crippen LogP contribution in [0.2, 0.25) is 0 Å². The Hall–Kier alpha value is -1.26. The predicted molar refractivity (Wildman–Crippen MR) is 69.9 cm³/mol. The average Bonchev–Trinajstić information content (AvgIpc) is 2.78. The van der Waals surface area contributed by atoms with E-state index >= 15 is 0 Å². The number of rotatable bonds is 4. The highest BCUT2D eigenvalue weighted by molar-refractivity contribution is 7.99. The fourth-order valence-electron chi connectivity index (χ4n) is 1.70. The number of thioether (sulfide) groups is 1. The molecule has 0 saturated heterocycles. The highest BCUT2D eigenvalue weighted by Gasteiger charge is 2.19. The lowest BCUT2D eigenvalue weighted by atomic mass is 10.0. The first-order valence-electron chi connectivity index (χ1n) is 5.55. The van der Waals surface area contributed by atoms with Gasteiger partial charge in [-0.3, -0.25) is 0 Å². The number of benzene rings is 1. The summed E-state index contributed by atoms with van der Waals surface area (Å²) in [4.78, 5) is 4.13. The van der Waals surface area contributed by atoms with Crippen molar-refractivity contribution < 1.29 is 4.42 Å². The van der Waals surface area contributed by atoms with Crippen molar-refractivity contribution >= 4 is 11.8 Å². The monoisotopic (exact) mass is 248 g/mol. The minimum Gasteiger partial charge on any atom is -0.440 e. The normalized spacial score (nSPS) is 14.5. The van der Waals surface area contributed by atoms with Crippen molar-refractivity contribution in [1.29, 1.82) is 0 Å². The van der Waals surface area contributed by atoms with E-state index in [-0.39, 0.29) is 11.3 Å². The van der Waals surface area contributed by atoms with Crippen LogP contribution in [0, 0.1) is 6.92 Å². The molecule has 2 atom stereocenters. The van der Waals surface area contributed by atoms with E-state index in [1.165, 1.54) is 11.1 Å². The number of nitrogens with zero attached hydrogens (tertiary/aromatic N) is 1. The molecule has 0 spiro atoms. The molecule has 0 bridgehead atoms. The number of hydrogen-bond donors (Lipinski definition) is 1. The lowest BCUT2D eigenvalue weighted by molar-refractivity contribution is 0.452. The molecule has 0 saturated carbocycles. The van der Waals surface area contributed by atoms with Gasteiger partial charge >= 0.3 is 0 Å². The summed E-state index contributed by atoms with van der Waals surface area (Å²) in [6.07, 6.45) is 3.23. The van der Waals surface area contributed by atoms with Crippen LogP contribution in [0.4, 0.5) is 0 Å². The molecular weight excluding hydrogens is 232 g/mol. The minimum atomic E-state index is 0.0358. The Morgan fingerprint density at radius 1 is 1.41 bits per heavy atom. The second kappa shape index (κ2) is 5.38. The Balaban J connectivity index is 2.23. The smallest absolute Gasteiger partial charge is 0.256 e. The SMILES string of the molecule is Cc1cccc(C(Sc2ncco2)C(C)N)c1. The zero-order chi connectivity index (χ0) is 12.3. The molecule has 0 aliphatic carbocycles. The van der Waals surface area contributed by atoms with Crippen LogP contribution in [0.5, 0.6) is 0 Å². The first kappa shape index (κ1) is 12.2. The fraction of sp³-hybridized carbons (Fsp3) is 0.308. The second-order valence-corrected chi connectivity index (χ2v) is 5.20. The topological polar surface area (TPSA) is 52.0 Å². The van der Waals surface area contributed by atoms with Crippen LogP contribution in [-0.4, -0.2) is 11.0 Å². The van der Waals surface area contributed by atoms with E-state index in [9.17, 15) is 0 Å².